The van der Waals surface area contributed by atoms with Crippen LogP contribution in [0.15, 0.2) is 109 Å². The Morgan fingerprint density at radius 3 is 1.90 bits per heavy atom. The zero-order valence-electron chi connectivity index (χ0n) is 16.2. The summed E-state index contributed by atoms with van der Waals surface area (Å²) in [6, 6.07) is 38.4. The Balaban J connectivity index is 1.89. The molecule has 0 aliphatic heterocycles. The molecule has 0 unspecified atom stereocenters. The highest BCUT2D eigenvalue weighted by molar-refractivity contribution is 6.33. The van der Waals surface area contributed by atoms with Gasteiger partial charge in [-0.25, -0.2) is 0 Å². The van der Waals surface area contributed by atoms with E-state index in [9.17, 15) is 0 Å². The lowest BCUT2D eigenvalue weighted by atomic mass is 9.98. The van der Waals surface area contributed by atoms with Gasteiger partial charge in [-0.05, 0) is 52.1 Å². The average molecular weight is 404 g/mol. The van der Waals surface area contributed by atoms with Gasteiger partial charge in [-0.15, -0.1) is 0 Å². The zero-order valence-corrected chi connectivity index (χ0v) is 17.0. The van der Waals surface area contributed by atoms with Gasteiger partial charge in [0, 0.05) is 21.5 Å². The first kappa shape index (κ1) is 17.3. The molecule has 1 aromatic heterocycles. The number of benzene rings is 5. The van der Waals surface area contributed by atoms with E-state index in [0.717, 1.165) is 10.7 Å². The van der Waals surface area contributed by atoms with Gasteiger partial charge in [0.1, 0.15) is 0 Å². The second kappa shape index (κ2) is 6.76. The molecule has 0 atom stereocenters. The molecule has 0 aliphatic rings. The summed E-state index contributed by atoms with van der Waals surface area (Å²) >= 11 is 6.39. The van der Waals surface area contributed by atoms with Crippen LogP contribution >= 0.6 is 11.6 Å². The number of fused-ring (bicyclic) bond motifs is 6. The van der Waals surface area contributed by atoms with Crippen molar-refractivity contribution in [1.29, 1.82) is 0 Å². The van der Waals surface area contributed by atoms with Gasteiger partial charge >= 0.3 is 0 Å². The van der Waals surface area contributed by atoms with Crippen LogP contribution < -0.4 is 0 Å². The van der Waals surface area contributed by atoms with Crippen LogP contribution in [-0.2, 0) is 0 Å². The van der Waals surface area contributed by atoms with Gasteiger partial charge in [0.15, 0.2) is 0 Å². The third-order valence-electron chi connectivity index (χ3n) is 5.83. The van der Waals surface area contributed by atoms with E-state index >= 15 is 0 Å². The van der Waals surface area contributed by atoms with Crippen LogP contribution in [0, 0.1) is 0 Å². The molecule has 0 radical (unpaired) electrons. The molecule has 0 aliphatic carbocycles. The van der Waals surface area contributed by atoms with Crippen LogP contribution in [-0.4, -0.2) is 4.57 Å². The summed E-state index contributed by atoms with van der Waals surface area (Å²) in [5, 5.41) is 6.86. The molecule has 0 N–H and O–H groups in total. The third kappa shape index (κ3) is 2.56. The molecular weight excluding hydrogens is 386 g/mol. The van der Waals surface area contributed by atoms with E-state index in [4.69, 9.17) is 11.6 Å². The number of halogens is 1. The molecule has 0 spiro atoms. The first-order valence-electron chi connectivity index (χ1n) is 10.1. The summed E-state index contributed by atoms with van der Waals surface area (Å²) in [7, 11) is 0. The smallest absolute Gasteiger partial charge is 0.0619 e. The van der Waals surface area contributed by atoms with Gasteiger partial charge in [-0.2, -0.15) is 0 Å². The summed E-state index contributed by atoms with van der Waals surface area (Å²) in [6.45, 7) is 0. The highest BCUT2D eigenvalue weighted by Crippen LogP contribution is 2.41. The predicted molar refractivity (Wildman–Crippen MR) is 129 cm³/mol. The van der Waals surface area contributed by atoms with Crippen molar-refractivity contribution >= 4 is 44.0 Å². The number of aromatic nitrogens is 1. The molecule has 1 heterocycles. The van der Waals surface area contributed by atoms with Gasteiger partial charge in [-0.1, -0.05) is 90.5 Å². The topological polar surface area (TPSA) is 4.93 Å². The van der Waals surface area contributed by atoms with Crippen LogP contribution in [0.5, 0.6) is 0 Å². The Kier molecular flexibility index (Phi) is 3.90. The van der Waals surface area contributed by atoms with Crippen molar-refractivity contribution in [2.75, 3.05) is 0 Å². The van der Waals surface area contributed by atoms with E-state index < -0.39 is 0 Å². The van der Waals surface area contributed by atoms with Crippen molar-refractivity contribution in [2.24, 2.45) is 0 Å². The van der Waals surface area contributed by atoms with Crippen LogP contribution in [0.1, 0.15) is 0 Å². The molecule has 6 rings (SSSR count). The first-order chi connectivity index (χ1) is 14.8. The van der Waals surface area contributed by atoms with Crippen molar-refractivity contribution in [3.63, 3.8) is 0 Å². The molecule has 142 valence electrons. The van der Waals surface area contributed by atoms with Gasteiger partial charge in [0.25, 0.3) is 0 Å². The first-order valence-corrected chi connectivity index (χ1v) is 10.5. The van der Waals surface area contributed by atoms with E-state index in [-0.39, 0.29) is 0 Å². The minimum Gasteiger partial charge on any atom is -0.309 e. The molecule has 0 fully saturated rings. The number of hydrogen-bond acceptors (Lipinski definition) is 0. The molecule has 0 saturated carbocycles. The molecule has 5 aromatic carbocycles. The Hall–Kier alpha value is -3.55. The average Bonchev–Trinajstić information content (AvgIpc) is 3.21. The largest absolute Gasteiger partial charge is 0.309 e. The van der Waals surface area contributed by atoms with E-state index in [1.807, 2.05) is 6.07 Å². The van der Waals surface area contributed by atoms with Gasteiger partial charge in [0.05, 0.1) is 11.2 Å². The quantitative estimate of drug-likeness (QED) is 0.256. The molecule has 0 bridgehead atoms. The lowest BCUT2D eigenvalue weighted by molar-refractivity contribution is 1.14. The fourth-order valence-corrected chi connectivity index (χ4v) is 4.72. The minimum absolute atomic E-state index is 0.762. The lowest BCUT2D eigenvalue weighted by Gasteiger charge is -2.14. The van der Waals surface area contributed by atoms with Crippen LogP contribution in [0.4, 0.5) is 0 Å². The predicted octanol–water partition coefficient (Wildman–Crippen LogP) is 8.26. The SMILES string of the molecule is Clc1ccc2c(c1)c1ccccc1c1c2cc(-c2ccccc2)n1-c1ccccc1. The monoisotopic (exact) mass is 403 g/mol. The molecule has 1 nitrogen and oxygen atoms in total. The van der Waals surface area contributed by atoms with Gasteiger partial charge < -0.3 is 4.57 Å². The Morgan fingerprint density at radius 1 is 0.500 bits per heavy atom. The maximum atomic E-state index is 6.39. The third-order valence-corrected chi connectivity index (χ3v) is 6.06. The van der Waals surface area contributed by atoms with Crippen molar-refractivity contribution in [2.45, 2.75) is 0 Å². The normalized spacial score (nSPS) is 11.5. The van der Waals surface area contributed by atoms with Gasteiger partial charge in [0.2, 0.25) is 0 Å². The van der Waals surface area contributed by atoms with Crippen molar-refractivity contribution in [1.82, 2.24) is 4.57 Å². The van der Waals surface area contributed by atoms with E-state index in [1.165, 1.54) is 43.7 Å². The number of para-hydroxylation sites is 1. The van der Waals surface area contributed by atoms with Crippen LogP contribution in [0.25, 0.3) is 49.4 Å². The summed E-state index contributed by atoms with van der Waals surface area (Å²) in [5.74, 6) is 0. The fourth-order valence-electron chi connectivity index (χ4n) is 4.55. The molecule has 30 heavy (non-hydrogen) atoms. The van der Waals surface area contributed by atoms with E-state index in [0.29, 0.717) is 0 Å². The van der Waals surface area contributed by atoms with Crippen molar-refractivity contribution in [3.05, 3.63) is 114 Å². The second-order valence-corrected chi connectivity index (χ2v) is 8.00. The van der Waals surface area contributed by atoms with Crippen molar-refractivity contribution in [3.8, 4) is 16.9 Å². The Morgan fingerprint density at radius 2 is 1.13 bits per heavy atom. The van der Waals surface area contributed by atoms with E-state index in [1.54, 1.807) is 0 Å². The number of rotatable bonds is 2. The van der Waals surface area contributed by atoms with Gasteiger partial charge in [-0.3, -0.25) is 0 Å². The molecule has 2 heteroatoms. The van der Waals surface area contributed by atoms with E-state index in [2.05, 4.69) is 108 Å². The fraction of sp³-hybridized carbons (Fsp3) is 0. The molecule has 0 amide bonds. The maximum Gasteiger partial charge on any atom is 0.0619 e. The maximum absolute atomic E-state index is 6.39. The standard InChI is InChI=1S/C28H18ClN/c29-20-15-16-23-25(17-20)22-13-7-8-14-24(22)28-26(23)18-27(19-9-3-1-4-10-19)30(28)21-11-5-2-6-12-21/h1-18H. The summed E-state index contributed by atoms with van der Waals surface area (Å²) < 4.78 is 2.39. The second-order valence-electron chi connectivity index (χ2n) is 7.56. The molecule has 6 aromatic rings. The number of hydrogen-bond donors (Lipinski definition) is 0. The number of nitrogens with zero attached hydrogens (tertiary/aromatic N) is 1. The molecule has 0 saturated heterocycles. The summed E-state index contributed by atoms with van der Waals surface area (Å²) in [5.41, 5.74) is 4.77. The Bertz CT molecular complexity index is 1530. The lowest BCUT2D eigenvalue weighted by Crippen LogP contribution is -1.97. The highest BCUT2D eigenvalue weighted by atomic mass is 35.5. The minimum atomic E-state index is 0.762. The Labute approximate surface area is 179 Å². The molecular formula is C28H18ClN. The van der Waals surface area contributed by atoms with Crippen LogP contribution in [0.3, 0.4) is 0 Å². The summed E-state index contributed by atoms with van der Waals surface area (Å²) in [4.78, 5) is 0. The summed E-state index contributed by atoms with van der Waals surface area (Å²) in [6.07, 6.45) is 0. The highest BCUT2D eigenvalue weighted by Gasteiger charge is 2.18. The van der Waals surface area contributed by atoms with Crippen molar-refractivity contribution < 1.29 is 0 Å². The van der Waals surface area contributed by atoms with Crippen LogP contribution in [0.2, 0.25) is 5.02 Å². The zero-order chi connectivity index (χ0) is 20.1.